The van der Waals surface area contributed by atoms with E-state index in [0.717, 1.165) is 5.69 Å². The standard InChI is InChI=1S/C11H12N4OS/c1-6-5-8(3-4-13-6)15-10(16)9-7(2)14-11(12)17-9/h3-5H,1-2H3,(H2,12,14)(H,13,15,16). The maximum atomic E-state index is 11.9. The molecule has 0 saturated carbocycles. The van der Waals surface area contributed by atoms with Crippen LogP contribution in [-0.4, -0.2) is 15.9 Å². The van der Waals surface area contributed by atoms with Crippen molar-refractivity contribution in [1.29, 1.82) is 0 Å². The van der Waals surface area contributed by atoms with Gasteiger partial charge in [-0.2, -0.15) is 0 Å². The summed E-state index contributed by atoms with van der Waals surface area (Å²) in [4.78, 5) is 20.6. The first-order valence-electron chi connectivity index (χ1n) is 5.03. The molecule has 0 aliphatic rings. The van der Waals surface area contributed by atoms with Crippen LogP contribution in [0.15, 0.2) is 18.3 Å². The van der Waals surface area contributed by atoms with Gasteiger partial charge in [-0.1, -0.05) is 11.3 Å². The maximum Gasteiger partial charge on any atom is 0.267 e. The van der Waals surface area contributed by atoms with E-state index in [-0.39, 0.29) is 5.91 Å². The minimum absolute atomic E-state index is 0.192. The van der Waals surface area contributed by atoms with E-state index in [9.17, 15) is 4.79 Å². The predicted molar refractivity (Wildman–Crippen MR) is 68.2 cm³/mol. The first kappa shape index (κ1) is 11.5. The number of pyridine rings is 1. The summed E-state index contributed by atoms with van der Waals surface area (Å²) in [5, 5.41) is 3.19. The molecule has 0 aliphatic carbocycles. The van der Waals surface area contributed by atoms with Crippen LogP contribution in [0, 0.1) is 13.8 Å². The van der Waals surface area contributed by atoms with Crippen LogP contribution in [0.4, 0.5) is 10.8 Å². The van der Waals surface area contributed by atoms with Gasteiger partial charge in [-0.3, -0.25) is 9.78 Å². The number of aryl methyl sites for hydroxylation is 2. The molecular formula is C11H12N4OS. The van der Waals surface area contributed by atoms with E-state index in [1.165, 1.54) is 11.3 Å². The molecule has 17 heavy (non-hydrogen) atoms. The Morgan fingerprint density at radius 3 is 2.82 bits per heavy atom. The second kappa shape index (κ2) is 4.50. The summed E-state index contributed by atoms with van der Waals surface area (Å²) in [6.45, 7) is 3.63. The van der Waals surface area contributed by atoms with Crippen LogP contribution in [0.3, 0.4) is 0 Å². The van der Waals surface area contributed by atoms with Crippen LogP contribution in [0.5, 0.6) is 0 Å². The fourth-order valence-corrected chi connectivity index (χ4v) is 2.17. The van der Waals surface area contributed by atoms with Gasteiger partial charge in [0.15, 0.2) is 5.13 Å². The molecule has 0 aromatic carbocycles. The zero-order chi connectivity index (χ0) is 12.4. The van der Waals surface area contributed by atoms with Crippen molar-refractivity contribution in [3.63, 3.8) is 0 Å². The van der Waals surface area contributed by atoms with Gasteiger partial charge in [0.05, 0.1) is 5.69 Å². The second-order valence-electron chi connectivity index (χ2n) is 3.61. The molecule has 2 rings (SSSR count). The molecule has 0 radical (unpaired) electrons. The summed E-state index contributed by atoms with van der Waals surface area (Å²) in [7, 11) is 0. The number of hydrogen-bond acceptors (Lipinski definition) is 5. The minimum Gasteiger partial charge on any atom is -0.375 e. The molecule has 0 fully saturated rings. The molecule has 2 aromatic heterocycles. The van der Waals surface area contributed by atoms with Crippen molar-refractivity contribution < 1.29 is 4.79 Å². The van der Waals surface area contributed by atoms with Crippen molar-refractivity contribution in [1.82, 2.24) is 9.97 Å². The zero-order valence-electron chi connectivity index (χ0n) is 9.52. The molecule has 2 heterocycles. The number of aromatic nitrogens is 2. The van der Waals surface area contributed by atoms with Crippen molar-refractivity contribution >= 4 is 28.1 Å². The monoisotopic (exact) mass is 248 g/mol. The molecule has 1 amide bonds. The highest BCUT2D eigenvalue weighted by molar-refractivity contribution is 7.17. The van der Waals surface area contributed by atoms with Crippen molar-refractivity contribution in [3.8, 4) is 0 Å². The SMILES string of the molecule is Cc1cc(NC(=O)c2sc(N)nc2C)ccn1. The van der Waals surface area contributed by atoms with Crippen molar-refractivity contribution in [2.24, 2.45) is 0 Å². The van der Waals surface area contributed by atoms with Gasteiger partial charge in [-0.05, 0) is 26.0 Å². The van der Waals surface area contributed by atoms with Gasteiger partial charge in [0.25, 0.3) is 5.91 Å². The molecule has 0 saturated heterocycles. The van der Waals surface area contributed by atoms with Crippen LogP contribution >= 0.6 is 11.3 Å². The molecule has 3 N–H and O–H groups in total. The number of nitrogens with zero attached hydrogens (tertiary/aromatic N) is 2. The number of nitrogen functional groups attached to an aromatic ring is 1. The third kappa shape index (κ3) is 2.59. The lowest BCUT2D eigenvalue weighted by atomic mass is 10.3. The van der Waals surface area contributed by atoms with E-state index < -0.39 is 0 Å². The van der Waals surface area contributed by atoms with Gasteiger partial charge in [-0.25, -0.2) is 4.98 Å². The van der Waals surface area contributed by atoms with E-state index in [4.69, 9.17) is 5.73 Å². The summed E-state index contributed by atoms with van der Waals surface area (Å²) >= 11 is 1.18. The lowest BCUT2D eigenvalue weighted by Crippen LogP contribution is -2.11. The average molecular weight is 248 g/mol. The Balaban J connectivity index is 2.20. The number of carbonyl (C=O) groups is 1. The Morgan fingerprint density at radius 1 is 1.47 bits per heavy atom. The summed E-state index contributed by atoms with van der Waals surface area (Å²) in [5.41, 5.74) is 7.77. The van der Waals surface area contributed by atoms with Crippen LogP contribution in [0.2, 0.25) is 0 Å². The highest BCUT2D eigenvalue weighted by Gasteiger charge is 2.14. The first-order valence-corrected chi connectivity index (χ1v) is 5.85. The molecule has 2 aromatic rings. The summed E-state index contributed by atoms with van der Waals surface area (Å²) in [6.07, 6.45) is 1.65. The molecule has 88 valence electrons. The predicted octanol–water partition coefficient (Wildman–Crippen LogP) is 1.99. The highest BCUT2D eigenvalue weighted by atomic mass is 32.1. The molecular weight excluding hydrogens is 236 g/mol. The van der Waals surface area contributed by atoms with Crippen LogP contribution < -0.4 is 11.1 Å². The van der Waals surface area contributed by atoms with Crippen molar-refractivity contribution in [2.45, 2.75) is 13.8 Å². The third-order valence-electron chi connectivity index (χ3n) is 2.17. The van der Waals surface area contributed by atoms with Gasteiger partial charge < -0.3 is 11.1 Å². The van der Waals surface area contributed by atoms with E-state index in [2.05, 4.69) is 15.3 Å². The second-order valence-corrected chi connectivity index (χ2v) is 4.64. The van der Waals surface area contributed by atoms with Gasteiger partial charge in [-0.15, -0.1) is 0 Å². The zero-order valence-corrected chi connectivity index (χ0v) is 10.3. The normalized spacial score (nSPS) is 10.2. The number of rotatable bonds is 2. The lowest BCUT2D eigenvalue weighted by molar-refractivity contribution is 0.103. The van der Waals surface area contributed by atoms with Gasteiger partial charge in [0, 0.05) is 17.6 Å². The molecule has 0 aliphatic heterocycles. The number of hydrogen-bond donors (Lipinski definition) is 2. The number of anilines is 2. The summed E-state index contributed by atoms with van der Waals surface area (Å²) < 4.78 is 0. The van der Waals surface area contributed by atoms with Crippen LogP contribution in [-0.2, 0) is 0 Å². The Bertz CT molecular complexity index is 564. The Hall–Kier alpha value is -1.95. The lowest BCUT2D eigenvalue weighted by Gasteiger charge is -2.04. The molecule has 0 atom stereocenters. The summed E-state index contributed by atoms with van der Waals surface area (Å²) in [5.74, 6) is -0.192. The first-order chi connectivity index (χ1) is 8.06. The maximum absolute atomic E-state index is 11.9. The van der Waals surface area contributed by atoms with Crippen LogP contribution in [0.1, 0.15) is 21.1 Å². The Labute approximate surface area is 103 Å². The average Bonchev–Trinajstić information content (AvgIpc) is 2.58. The van der Waals surface area contributed by atoms with Gasteiger partial charge in [0.2, 0.25) is 0 Å². The minimum atomic E-state index is -0.192. The van der Waals surface area contributed by atoms with Gasteiger partial charge in [0.1, 0.15) is 4.88 Å². The third-order valence-corrected chi connectivity index (χ3v) is 3.16. The molecule has 0 unspecified atom stereocenters. The molecule has 0 bridgehead atoms. The number of thiazole rings is 1. The Kier molecular flexibility index (Phi) is 3.06. The molecule has 5 nitrogen and oxygen atoms in total. The van der Waals surface area contributed by atoms with E-state index in [1.807, 2.05) is 6.92 Å². The highest BCUT2D eigenvalue weighted by Crippen LogP contribution is 2.21. The number of amides is 1. The smallest absolute Gasteiger partial charge is 0.267 e. The fraction of sp³-hybridized carbons (Fsp3) is 0.182. The van der Waals surface area contributed by atoms with Crippen LogP contribution in [0.25, 0.3) is 0 Å². The largest absolute Gasteiger partial charge is 0.375 e. The quantitative estimate of drug-likeness (QED) is 0.851. The number of nitrogens with one attached hydrogen (secondary N) is 1. The molecule has 6 heteroatoms. The van der Waals surface area contributed by atoms with Crippen molar-refractivity contribution in [2.75, 3.05) is 11.1 Å². The van der Waals surface area contributed by atoms with Gasteiger partial charge >= 0.3 is 0 Å². The fourth-order valence-electron chi connectivity index (χ4n) is 1.44. The number of carbonyl (C=O) groups excluding carboxylic acids is 1. The van der Waals surface area contributed by atoms with E-state index in [1.54, 1.807) is 25.3 Å². The molecule has 0 spiro atoms. The summed E-state index contributed by atoms with van der Waals surface area (Å²) in [6, 6.07) is 3.54. The van der Waals surface area contributed by atoms with E-state index in [0.29, 0.717) is 21.4 Å². The topological polar surface area (TPSA) is 80.9 Å². The van der Waals surface area contributed by atoms with E-state index >= 15 is 0 Å². The number of nitrogens with two attached hydrogens (primary N) is 1. The van der Waals surface area contributed by atoms with Crippen molar-refractivity contribution in [3.05, 3.63) is 34.6 Å². The Morgan fingerprint density at radius 2 is 2.24 bits per heavy atom.